The number of likely N-dealkylation sites (tertiary alicyclic amines) is 1. The second-order valence-electron chi connectivity index (χ2n) is 5.88. The molecule has 1 aromatic rings. The Balaban J connectivity index is 1.55. The van der Waals surface area contributed by atoms with Crippen LogP contribution in [0.15, 0.2) is 10.7 Å². The Morgan fingerprint density at radius 3 is 3.00 bits per heavy atom. The summed E-state index contributed by atoms with van der Waals surface area (Å²) in [7, 11) is 0. The van der Waals surface area contributed by atoms with E-state index < -0.39 is 5.97 Å². The van der Waals surface area contributed by atoms with Crippen molar-refractivity contribution in [2.45, 2.75) is 45.2 Å². The molecule has 0 N–H and O–H groups in total. The third-order valence-electron chi connectivity index (χ3n) is 4.43. The van der Waals surface area contributed by atoms with Crippen LogP contribution in [0.5, 0.6) is 0 Å². The number of hydrogen-bond donors (Lipinski definition) is 0. The van der Waals surface area contributed by atoms with Crippen LogP contribution >= 0.6 is 0 Å². The highest BCUT2D eigenvalue weighted by Gasteiger charge is 2.37. The number of aromatic nitrogens is 1. The lowest BCUT2D eigenvalue weighted by atomic mass is 9.98. The van der Waals surface area contributed by atoms with Crippen LogP contribution in [-0.4, -0.2) is 54.2 Å². The predicted octanol–water partition coefficient (Wildman–Crippen LogP) is 1.91. The predicted molar refractivity (Wildman–Crippen MR) is 78.5 cm³/mol. The van der Waals surface area contributed by atoms with Gasteiger partial charge in [-0.1, -0.05) is 6.42 Å². The average Bonchev–Trinajstić information content (AvgIpc) is 2.89. The molecule has 1 atom stereocenters. The maximum atomic E-state index is 11.6. The molecule has 0 spiro atoms. The lowest BCUT2D eigenvalue weighted by Crippen LogP contribution is -2.62. The van der Waals surface area contributed by atoms with Crippen LogP contribution in [0.3, 0.4) is 0 Å². The summed E-state index contributed by atoms with van der Waals surface area (Å²) in [6, 6.07) is 1.78. The van der Waals surface area contributed by atoms with Crippen molar-refractivity contribution in [2.24, 2.45) is 0 Å². The number of oxazole rings is 1. The highest BCUT2D eigenvalue weighted by molar-refractivity contribution is 5.87. The summed E-state index contributed by atoms with van der Waals surface area (Å²) in [6.07, 6.45) is 5.32. The molecule has 2 fully saturated rings. The van der Waals surface area contributed by atoms with E-state index in [2.05, 4.69) is 21.7 Å². The SMILES string of the molecule is CCOC(=O)c1coc(N2CC(N3CCCC[C@@H]3C)C2)n1. The lowest BCUT2D eigenvalue weighted by Gasteiger charge is -2.48. The van der Waals surface area contributed by atoms with Crippen molar-refractivity contribution >= 4 is 12.0 Å². The smallest absolute Gasteiger partial charge is 0.360 e. The van der Waals surface area contributed by atoms with E-state index in [0.29, 0.717) is 24.7 Å². The van der Waals surface area contributed by atoms with Crippen molar-refractivity contribution in [3.8, 4) is 0 Å². The van der Waals surface area contributed by atoms with Crippen molar-refractivity contribution in [3.05, 3.63) is 12.0 Å². The Morgan fingerprint density at radius 2 is 2.29 bits per heavy atom. The Labute approximate surface area is 125 Å². The van der Waals surface area contributed by atoms with Gasteiger partial charge in [0.05, 0.1) is 6.61 Å². The van der Waals surface area contributed by atoms with Crippen LogP contribution < -0.4 is 4.90 Å². The number of rotatable bonds is 4. The quantitative estimate of drug-likeness (QED) is 0.790. The average molecular weight is 293 g/mol. The fraction of sp³-hybridized carbons (Fsp3) is 0.733. The minimum atomic E-state index is -0.422. The summed E-state index contributed by atoms with van der Waals surface area (Å²) in [5.74, 6) is -0.422. The number of nitrogens with zero attached hydrogens (tertiary/aromatic N) is 3. The van der Waals surface area contributed by atoms with Gasteiger partial charge >= 0.3 is 5.97 Å². The number of piperidine rings is 1. The highest BCUT2D eigenvalue weighted by atomic mass is 16.5. The van der Waals surface area contributed by atoms with Crippen LogP contribution in [0.1, 0.15) is 43.6 Å². The highest BCUT2D eigenvalue weighted by Crippen LogP contribution is 2.27. The number of carbonyl (C=O) groups is 1. The molecule has 0 amide bonds. The minimum absolute atomic E-state index is 0.252. The molecular weight excluding hydrogens is 270 g/mol. The maximum absolute atomic E-state index is 11.6. The van der Waals surface area contributed by atoms with Gasteiger partial charge in [0, 0.05) is 25.2 Å². The van der Waals surface area contributed by atoms with Gasteiger partial charge in [0.1, 0.15) is 6.26 Å². The molecule has 0 aromatic carbocycles. The lowest BCUT2D eigenvalue weighted by molar-refractivity contribution is 0.0519. The summed E-state index contributed by atoms with van der Waals surface area (Å²) in [5.41, 5.74) is 0.252. The summed E-state index contributed by atoms with van der Waals surface area (Å²) in [5, 5.41) is 0. The van der Waals surface area contributed by atoms with Gasteiger partial charge < -0.3 is 14.1 Å². The standard InChI is InChI=1S/C15H23N3O3/c1-3-20-14(19)13-10-21-15(16-13)17-8-12(9-17)18-7-5-4-6-11(18)2/h10-12H,3-9H2,1-2H3/t11-/m0/s1. The number of hydrogen-bond acceptors (Lipinski definition) is 6. The van der Waals surface area contributed by atoms with E-state index in [1.54, 1.807) is 6.92 Å². The van der Waals surface area contributed by atoms with Crippen molar-refractivity contribution in [1.82, 2.24) is 9.88 Å². The Morgan fingerprint density at radius 1 is 1.48 bits per heavy atom. The Kier molecular flexibility index (Phi) is 4.14. The zero-order valence-corrected chi connectivity index (χ0v) is 12.7. The van der Waals surface area contributed by atoms with Crippen LogP contribution in [0.2, 0.25) is 0 Å². The number of anilines is 1. The van der Waals surface area contributed by atoms with E-state index in [9.17, 15) is 4.79 Å². The Bertz CT molecular complexity index is 496. The van der Waals surface area contributed by atoms with Gasteiger partial charge in [-0.15, -0.1) is 0 Å². The monoisotopic (exact) mass is 293 g/mol. The van der Waals surface area contributed by atoms with Crippen molar-refractivity contribution in [2.75, 3.05) is 31.1 Å². The zero-order chi connectivity index (χ0) is 14.8. The van der Waals surface area contributed by atoms with E-state index in [-0.39, 0.29) is 5.69 Å². The topological polar surface area (TPSA) is 58.8 Å². The van der Waals surface area contributed by atoms with E-state index >= 15 is 0 Å². The molecule has 0 unspecified atom stereocenters. The van der Waals surface area contributed by atoms with E-state index in [4.69, 9.17) is 9.15 Å². The van der Waals surface area contributed by atoms with Crippen LogP contribution in [0.4, 0.5) is 6.01 Å². The molecule has 3 rings (SSSR count). The summed E-state index contributed by atoms with van der Waals surface area (Å²) >= 11 is 0. The molecule has 2 aliphatic heterocycles. The second kappa shape index (κ2) is 6.05. The van der Waals surface area contributed by atoms with E-state index in [0.717, 1.165) is 13.1 Å². The van der Waals surface area contributed by atoms with E-state index in [1.165, 1.54) is 32.1 Å². The molecule has 6 heteroatoms. The summed E-state index contributed by atoms with van der Waals surface area (Å²) in [4.78, 5) is 20.5. The van der Waals surface area contributed by atoms with Gasteiger partial charge in [0.25, 0.3) is 6.01 Å². The molecule has 0 saturated carbocycles. The largest absolute Gasteiger partial charge is 0.461 e. The normalized spacial score (nSPS) is 23.9. The second-order valence-corrected chi connectivity index (χ2v) is 5.88. The van der Waals surface area contributed by atoms with E-state index in [1.807, 2.05) is 0 Å². The van der Waals surface area contributed by atoms with Crippen molar-refractivity contribution in [1.29, 1.82) is 0 Å². The molecular formula is C15H23N3O3. The van der Waals surface area contributed by atoms with Gasteiger partial charge in [-0.25, -0.2) is 4.79 Å². The molecule has 3 heterocycles. The molecule has 1 aromatic heterocycles. The van der Waals surface area contributed by atoms with Gasteiger partial charge in [-0.3, -0.25) is 4.90 Å². The summed E-state index contributed by atoms with van der Waals surface area (Å²) in [6.45, 7) is 7.48. The van der Waals surface area contributed by atoms with Crippen LogP contribution in [-0.2, 0) is 4.74 Å². The molecule has 116 valence electrons. The first kappa shape index (κ1) is 14.4. The third-order valence-corrected chi connectivity index (χ3v) is 4.43. The van der Waals surface area contributed by atoms with Crippen LogP contribution in [0, 0.1) is 0 Å². The molecule has 21 heavy (non-hydrogen) atoms. The van der Waals surface area contributed by atoms with Gasteiger partial charge in [-0.05, 0) is 33.2 Å². The first-order chi connectivity index (χ1) is 10.2. The van der Waals surface area contributed by atoms with Crippen LogP contribution in [0.25, 0.3) is 0 Å². The molecule has 2 aliphatic rings. The number of carbonyl (C=O) groups excluding carboxylic acids is 1. The first-order valence-electron chi connectivity index (χ1n) is 7.82. The number of ether oxygens (including phenoxy) is 1. The maximum Gasteiger partial charge on any atom is 0.360 e. The molecule has 0 aliphatic carbocycles. The van der Waals surface area contributed by atoms with Crippen molar-refractivity contribution < 1.29 is 13.9 Å². The minimum Gasteiger partial charge on any atom is -0.461 e. The molecule has 2 saturated heterocycles. The fourth-order valence-electron chi connectivity index (χ4n) is 3.19. The zero-order valence-electron chi connectivity index (χ0n) is 12.7. The molecule has 6 nitrogen and oxygen atoms in total. The molecule has 0 bridgehead atoms. The first-order valence-corrected chi connectivity index (χ1v) is 7.82. The molecule has 0 radical (unpaired) electrons. The van der Waals surface area contributed by atoms with Gasteiger partial charge in [-0.2, -0.15) is 4.98 Å². The third kappa shape index (κ3) is 2.90. The summed E-state index contributed by atoms with van der Waals surface area (Å²) < 4.78 is 10.3. The fourth-order valence-corrected chi connectivity index (χ4v) is 3.19. The van der Waals surface area contributed by atoms with Gasteiger partial charge in [0.15, 0.2) is 5.69 Å². The van der Waals surface area contributed by atoms with Crippen molar-refractivity contribution in [3.63, 3.8) is 0 Å². The van der Waals surface area contributed by atoms with Gasteiger partial charge in [0.2, 0.25) is 0 Å². The Hall–Kier alpha value is -1.56. The number of esters is 1.